The number of hydrogen-bond donors (Lipinski definition) is 2. The first-order chi connectivity index (χ1) is 13.2. The van der Waals surface area contributed by atoms with Gasteiger partial charge in [-0.15, -0.1) is 34.2 Å². The van der Waals surface area contributed by atoms with Crippen LogP contribution in [0.1, 0.15) is 31.4 Å². The summed E-state index contributed by atoms with van der Waals surface area (Å²) in [5.74, 6) is 2.88. The fourth-order valence-electron chi connectivity index (χ4n) is 3.78. The summed E-state index contributed by atoms with van der Waals surface area (Å²) in [6.07, 6.45) is 3.25. The fourth-order valence-corrected chi connectivity index (χ4v) is 3.96. The molecule has 1 saturated heterocycles. The topological polar surface area (TPSA) is 70.4 Å². The van der Waals surface area contributed by atoms with Crippen LogP contribution < -0.4 is 15.5 Å². The Balaban J connectivity index is 0.00000225. The molecule has 0 aliphatic carbocycles. The van der Waals surface area contributed by atoms with E-state index in [9.17, 15) is 0 Å². The van der Waals surface area contributed by atoms with Crippen molar-refractivity contribution in [1.82, 2.24) is 25.4 Å². The predicted octanol–water partition coefficient (Wildman–Crippen LogP) is 2.83. The number of aromatic nitrogens is 3. The number of halogens is 2. The lowest BCUT2D eigenvalue weighted by molar-refractivity contribution is 0.643. The zero-order valence-corrected chi connectivity index (χ0v) is 19.2. The molecule has 4 rings (SSSR count). The van der Waals surface area contributed by atoms with Crippen molar-refractivity contribution in [2.24, 2.45) is 4.99 Å². The monoisotopic (exact) mass is 515 g/mol. The molecule has 1 atom stereocenters. The van der Waals surface area contributed by atoms with E-state index in [-0.39, 0.29) is 24.0 Å². The maximum atomic E-state index is 6.13. The van der Waals surface area contributed by atoms with Crippen molar-refractivity contribution in [1.29, 1.82) is 0 Å². The highest BCUT2D eigenvalue weighted by Gasteiger charge is 2.24. The molecule has 1 unspecified atom stereocenters. The number of guanidine groups is 1. The summed E-state index contributed by atoms with van der Waals surface area (Å²) in [7, 11) is 0. The number of aryl methyl sites for hydroxylation is 1. The number of benzene rings is 1. The normalized spacial score (nSPS) is 18.7. The van der Waals surface area contributed by atoms with Gasteiger partial charge in [0.2, 0.25) is 0 Å². The van der Waals surface area contributed by atoms with E-state index in [0.717, 1.165) is 68.1 Å². The number of fused-ring (bicyclic) bond motifs is 1. The number of nitrogens with zero attached hydrogens (tertiary/aromatic N) is 5. The van der Waals surface area contributed by atoms with Crippen molar-refractivity contribution < 1.29 is 0 Å². The largest absolute Gasteiger partial charge is 0.369 e. The van der Waals surface area contributed by atoms with Crippen molar-refractivity contribution in [2.45, 2.75) is 45.3 Å². The van der Waals surface area contributed by atoms with E-state index < -0.39 is 0 Å². The lowest BCUT2D eigenvalue weighted by Crippen LogP contribution is -2.44. The number of rotatable bonds is 5. The number of aliphatic imine (C=N–C) groups is 1. The van der Waals surface area contributed by atoms with Crippen molar-refractivity contribution in [3.05, 3.63) is 40.9 Å². The molecule has 152 valence electrons. The molecule has 2 aliphatic rings. The summed E-state index contributed by atoms with van der Waals surface area (Å²) in [5, 5.41) is 16.2. The molecule has 1 aromatic heterocycles. The summed E-state index contributed by atoms with van der Waals surface area (Å²) in [5.41, 5.74) is 1.17. The third-order valence-electron chi connectivity index (χ3n) is 5.11. The highest BCUT2D eigenvalue weighted by Crippen LogP contribution is 2.23. The Kier molecular flexibility index (Phi) is 7.39. The molecular weight excluding hydrogens is 489 g/mol. The molecular formula is C19H27ClIN7. The van der Waals surface area contributed by atoms with Gasteiger partial charge in [0.25, 0.3) is 0 Å². The maximum absolute atomic E-state index is 6.13. The van der Waals surface area contributed by atoms with Gasteiger partial charge in [0, 0.05) is 49.4 Å². The van der Waals surface area contributed by atoms with Gasteiger partial charge in [-0.25, -0.2) is 4.99 Å². The third kappa shape index (κ3) is 4.89. The van der Waals surface area contributed by atoms with Crippen LogP contribution in [0.15, 0.2) is 29.3 Å². The molecule has 9 heteroatoms. The minimum Gasteiger partial charge on any atom is -0.369 e. The lowest BCUT2D eigenvalue weighted by atomic mass is 10.3. The van der Waals surface area contributed by atoms with Gasteiger partial charge in [-0.3, -0.25) is 0 Å². The molecule has 0 amide bonds. The van der Waals surface area contributed by atoms with Crippen LogP contribution in [0.4, 0.5) is 5.69 Å². The molecule has 2 aromatic rings. The van der Waals surface area contributed by atoms with E-state index >= 15 is 0 Å². The van der Waals surface area contributed by atoms with Crippen molar-refractivity contribution >= 4 is 47.2 Å². The highest BCUT2D eigenvalue weighted by molar-refractivity contribution is 14.0. The second-order valence-electron chi connectivity index (χ2n) is 7.04. The Labute approximate surface area is 188 Å². The SMILES string of the molecule is CCNC(=NCc1nnc2n1CCC2)NC1CCN(c2cccc(Cl)c2)C1.I. The van der Waals surface area contributed by atoms with Crippen LogP contribution >= 0.6 is 35.6 Å². The van der Waals surface area contributed by atoms with E-state index in [1.165, 1.54) is 5.69 Å². The first-order valence-electron chi connectivity index (χ1n) is 9.69. The highest BCUT2D eigenvalue weighted by atomic mass is 127. The maximum Gasteiger partial charge on any atom is 0.191 e. The van der Waals surface area contributed by atoms with Gasteiger partial charge < -0.3 is 20.1 Å². The molecule has 0 saturated carbocycles. The molecule has 2 N–H and O–H groups in total. The van der Waals surface area contributed by atoms with Crippen LogP contribution in [0, 0.1) is 0 Å². The van der Waals surface area contributed by atoms with Crippen LogP contribution in [0.2, 0.25) is 5.02 Å². The van der Waals surface area contributed by atoms with Crippen LogP contribution in [0.5, 0.6) is 0 Å². The summed E-state index contributed by atoms with van der Waals surface area (Å²) >= 11 is 6.13. The quantitative estimate of drug-likeness (QED) is 0.364. The van der Waals surface area contributed by atoms with Crippen LogP contribution in [-0.4, -0.2) is 46.4 Å². The van der Waals surface area contributed by atoms with Gasteiger partial charge in [-0.05, 0) is 38.0 Å². The summed E-state index contributed by atoms with van der Waals surface area (Å²) in [6.45, 7) is 6.41. The lowest BCUT2D eigenvalue weighted by Gasteiger charge is -2.20. The molecule has 1 fully saturated rings. The standard InChI is InChI=1S/C19H26ClN7.HI/c1-2-21-19(22-12-18-25-24-17-7-4-9-27(17)18)23-15-8-10-26(13-15)16-6-3-5-14(20)11-16;/h3,5-6,11,15H,2,4,7-10,12-13H2,1H3,(H2,21,22,23);1H. The summed E-state index contributed by atoms with van der Waals surface area (Å²) < 4.78 is 2.20. The minimum absolute atomic E-state index is 0. The van der Waals surface area contributed by atoms with E-state index in [4.69, 9.17) is 16.6 Å². The van der Waals surface area contributed by atoms with Gasteiger partial charge in [0.15, 0.2) is 11.8 Å². The summed E-state index contributed by atoms with van der Waals surface area (Å²) in [6, 6.07) is 8.40. The number of anilines is 1. The van der Waals surface area contributed by atoms with Crippen molar-refractivity contribution in [3.63, 3.8) is 0 Å². The van der Waals surface area contributed by atoms with Crippen LogP contribution in [0.25, 0.3) is 0 Å². The van der Waals surface area contributed by atoms with Gasteiger partial charge in [0.05, 0.1) is 0 Å². The Bertz CT molecular complexity index is 822. The van der Waals surface area contributed by atoms with E-state index in [0.29, 0.717) is 12.6 Å². The third-order valence-corrected chi connectivity index (χ3v) is 5.35. The van der Waals surface area contributed by atoms with E-state index in [1.807, 2.05) is 18.2 Å². The number of hydrogen-bond acceptors (Lipinski definition) is 4. The first-order valence-corrected chi connectivity index (χ1v) is 10.1. The molecule has 28 heavy (non-hydrogen) atoms. The Morgan fingerprint density at radius 3 is 3.04 bits per heavy atom. The van der Waals surface area contributed by atoms with E-state index in [2.05, 4.69) is 43.3 Å². The zero-order valence-electron chi connectivity index (χ0n) is 16.1. The summed E-state index contributed by atoms with van der Waals surface area (Å²) in [4.78, 5) is 7.10. The van der Waals surface area contributed by atoms with Gasteiger partial charge >= 0.3 is 0 Å². The van der Waals surface area contributed by atoms with Gasteiger partial charge in [0.1, 0.15) is 12.4 Å². The second kappa shape index (κ2) is 9.78. The van der Waals surface area contributed by atoms with Crippen LogP contribution in [-0.2, 0) is 19.5 Å². The first kappa shape index (κ1) is 21.2. The average Bonchev–Trinajstić information content (AvgIpc) is 3.38. The molecule has 3 heterocycles. The van der Waals surface area contributed by atoms with Crippen molar-refractivity contribution in [3.8, 4) is 0 Å². The predicted molar refractivity (Wildman–Crippen MR) is 124 cm³/mol. The molecule has 2 aliphatic heterocycles. The Morgan fingerprint density at radius 2 is 2.21 bits per heavy atom. The Morgan fingerprint density at radius 1 is 1.32 bits per heavy atom. The molecule has 7 nitrogen and oxygen atoms in total. The second-order valence-corrected chi connectivity index (χ2v) is 7.48. The van der Waals surface area contributed by atoms with Gasteiger partial charge in [-0.1, -0.05) is 17.7 Å². The Hall–Kier alpha value is -1.55. The number of nitrogens with one attached hydrogen (secondary N) is 2. The molecule has 0 bridgehead atoms. The smallest absolute Gasteiger partial charge is 0.191 e. The van der Waals surface area contributed by atoms with Gasteiger partial charge in [-0.2, -0.15) is 0 Å². The van der Waals surface area contributed by atoms with Crippen LogP contribution in [0.3, 0.4) is 0 Å². The fraction of sp³-hybridized carbons (Fsp3) is 0.526. The minimum atomic E-state index is 0. The molecule has 1 aromatic carbocycles. The molecule has 0 radical (unpaired) electrons. The average molecular weight is 516 g/mol. The van der Waals surface area contributed by atoms with Crippen molar-refractivity contribution in [2.75, 3.05) is 24.5 Å². The molecule has 0 spiro atoms. The zero-order chi connectivity index (χ0) is 18.6. The van der Waals surface area contributed by atoms with E-state index in [1.54, 1.807) is 0 Å².